The number of thiocarbonyl (C=S) groups is 1. The number of nitrogens with zero attached hydrogens (tertiary/aromatic N) is 6. The minimum Gasteiger partial charge on any atom is -0.507 e. The van der Waals surface area contributed by atoms with E-state index in [9.17, 15) is 53.5 Å². The number of Topliss-reactive ketones (excluding diaryl/α,β-unsaturated/α-hetero) is 1. The Kier molecular flexibility index (Phi) is 20.5. The molecule has 0 spiro atoms. The van der Waals surface area contributed by atoms with E-state index in [0.29, 0.717) is 101 Å². The van der Waals surface area contributed by atoms with Crippen LogP contribution in [0, 0.1) is 20.8 Å². The highest BCUT2D eigenvalue weighted by Gasteiger charge is 2.49. The molecule has 0 radical (unpaired) electrons. The van der Waals surface area contributed by atoms with Crippen molar-refractivity contribution in [1.29, 1.82) is 0 Å². The van der Waals surface area contributed by atoms with Crippen LogP contribution in [0.3, 0.4) is 0 Å². The number of amidine groups is 1. The highest BCUT2D eigenvalue weighted by molar-refractivity contribution is 7.80. The predicted molar refractivity (Wildman–Crippen MR) is 332 cm³/mol. The first kappa shape index (κ1) is 65.5. The molecule has 8 saturated heterocycles. The molecule has 0 bridgehead atoms. The van der Waals surface area contributed by atoms with Crippen molar-refractivity contribution in [3.63, 3.8) is 0 Å². The van der Waals surface area contributed by atoms with Crippen LogP contribution in [0.2, 0.25) is 0 Å². The third-order valence-electron chi connectivity index (χ3n) is 19.2. The van der Waals surface area contributed by atoms with Crippen molar-refractivity contribution in [2.75, 3.05) is 39.3 Å². The Labute approximate surface area is 524 Å². The summed E-state index contributed by atoms with van der Waals surface area (Å²) in [6.45, 7) is 15.6. The minimum absolute atomic E-state index is 0.00407. The maximum absolute atomic E-state index is 12.8. The van der Waals surface area contributed by atoms with Gasteiger partial charge in [0.15, 0.2) is 5.11 Å². The number of aromatic hydroxyl groups is 1. The normalized spacial score (nSPS) is 27.9. The van der Waals surface area contributed by atoms with Gasteiger partial charge >= 0.3 is 0 Å². The van der Waals surface area contributed by atoms with Crippen molar-refractivity contribution in [3.8, 4) is 11.5 Å². The van der Waals surface area contributed by atoms with Crippen LogP contribution in [0.1, 0.15) is 168 Å². The maximum Gasteiger partial charge on any atom is 0.264 e. The topological polar surface area (TPSA) is 344 Å². The van der Waals surface area contributed by atoms with Crippen LogP contribution in [0.25, 0.3) is 0 Å². The Morgan fingerprint density at radius 2 is 1.09 bits per heavy atom. The van der Waals surface area contributed by atoms with Crippen molar-refractivity contribution in [3.05, 3.63) is 57.6 Å². The lowest BCUT2D eigenvalue weighted by atomic mass is 9.79. The zero-order chi connectivity index (χ0) is 64.2. The highest BCUT2D eigenvalue weighted by Crippen LogP contribution is 2.53. The maximum atomic E-state index is 12.8. The Morgan fingerprint density at radius 3 is 1.55 bits per heavy atom. The molecule has 10 aliphatic heterocycles. The third-order valence-corrected chi connectivity index (χ3v) is 19.3. The van der Waals surface area contributed by atoms with Gasteiger partial charge in [-0.25, -0.2) is 0 Å². The van der Waals surface area contributed by atoms with E-state index in [0.717, 1.165) is 90.5 Å². The molecule has 2 aromatic rings. The average molecular weight is 1250 g/mol. The number of phenolic OH excluding ortho intramolecular Hbond substituents is 1. The van der Waals surface area contributed by atoms with E-state index in [1.807, 2.05) is 20.8 Å². The fraction of sp³-hybridized carbons (Fsp3) is 0.619. The molecule has 10 aliphatic rings. The number of carbonyl (C=O) groups is 9. The van der Waals surface area contributed by atoms with E-state index >= 15 is 0 Å². The number of amides is 8. The monoisotopic (exact) mass is 1250 g/mol. The SMILES string of the molecule is CC(N)=NCCC[C@@H]1NC(=O)[C@@H]2CCCN2C1=O.Cc1c(C)c2c(c(C)c1O)C(CC[C@@H]1NC(=O)[C@@H]3CCCN3C1=O)C(C)(C)O2.NC(=S)NCCC[C@@H]1NC(=O)[C@@H]2CCCN2C1=O.O=C1c2ccccc2C=[N+](O)C1CC[C@@H]1NC(=O)[C@@H]2CCCN2C1=O. The highest BCUT2D eigenvalue weighted by atomic mass is 32.1. The number of rotatable bonds is 14. The van der Waals surface area contributed by atoms with Crippen LogP contribution in [-0.4, -0.2) is 204 Å². The van der Waals surface area contributed by atoms with Gasteiger partial charge in [0.05, 0.1) is 11.4 Å². The Balaban J connectivity index is 0.000000144. The van der Waals surface area contributed by atoms with Gasteiger partial charge in [-0.15, -0.1) is 0 Å². The zero-order valence-electron chi connectivity index (χ0n) is 51.9. The number of hydrogen-bond acceptors (Lipinski definition) is 14. The van der Waals surface area contributed by atoms with E-state index in [2.05, 4.69) is 45.4 Å². The lowest BCUT2D eigenvalue weighted by Gasteiger charge is -2.35. The van der Waals surface area contributed by atoms with E-state index in [1.54, 1.807) is 50.8 Å². The third kappa shape index (κ3) is 14.1. The minimum atomic E-state index is -0.740. The average Bonchev–Trinajstić information content (AvgIpc) is 1.65. The molecule has 0 aromatic heterocycles. The fourth-order valence-electron chi connectivity index (χ4n) is 14.3. The number of fused-ring (bicyclic) bond motifs is 6. The molecule has 8 amide bonds. The number of nitrogens with two attached hydrogens (primary N) is 2. The summed E-state index contributed by atoms with van der Waals surface area (Å²) < 4.78 is 7.23. The number of nitrogens with one attached hydrogen (secondary N) is 5. The molecule has 482 valence electrons. The lowest BCUT2D eigenvalue weighted by Crippen LogP contribution is -2.61. The van der Waals surface area contributed by atoms with Crippen LogP contribution in [-0.2, 0) is 38.4 Å². The molecule has 2 aromatic carbocycles. The molecule has 12 rings (SSSR count). The van der Waals surface area contributed by atoms with Crippen molar-refractivity contribution >= 4 is 82.4 Å². The summed E-state index contributed by atoms with van der Waals surface area (Å²) in [5.41, 5.74) is 15.3. The smallest absolute Gasteiger partial charge is 0.264 e. The van der Waals surface area contributed by atoms with Gasteiger partial charge in [-0.3, -0.25) is 53.4 Å². The van der Waals surface area contributed by atoms with E-state index < -0.39 is 23.7 Å². The number of carbonyl (C=O) groups excluding carboxylic acids is 9. The molecule has 25 nitrogen and oxygen atoms in total. The van der Waals surface area contributed by atoms with Gasteiger partial charge in [-0.2, -0.15) is 0 Å². The van der Waals surface area contributed by atoms with Gasteiger partial charge < -0.3 is 67.5 Å². The molecule has 10 atom stereocenters. The number of hydrogen-bond donors (Lipinski definition) is 9. The fourth-order valence-corrected chi connectivity index (χ4v) is 14.4. The molecule has 0 saturated carbocycles. The second-order valence-corrected chi connectivity index (χ2v) is 25.9. The Bertz CT molecular complexity index is 3200. The van der Waals surface area contributed by atoms with Gasteiger partial charge in [-0.1, -0.05) is 18.2 Å². The molecular formula is C63H88N13O12S+. The number of hydroxylamine groups is 1. The Morgan fingerprint density at radius 1 is 0.652 bits per heavy atom. The summed E-state index contributed by atoms with van der Waals surface area (Å²) in [6, 6.07) is 3.42. The second-order valence-electron chi connectivity index (χ2n) is 25.5. The van der Waals surface area contributed by atoms with Crippen molar-refractivity contribution in [1.82, 2.24) is 46.2 Å². The molecule has 10 heterocycles. The molecule has 11 N–H and O–H groups in total. The Hall–Kier alpha value is -7.90. The van der Waals surface area contributed by atoms with Crippen LogP contribution >= 0.6 is 12.2 Å². The number of ketones is 1. The number of piperazine rings is 4. The second kappa shape index (κ2) is 27.9. The molecule has 26 heteroatoms. The van der Waals surface area contributed by atoms with Crippen LogP contribution < -0.4 is 42.8 Å². The van der Waals surface area contributed by atoms with E-state index in [1.165, 1.54) is 6.21 Å². The van der Waals surface area contributed by atoms with Crippen molar-refractivity contribution in [2.24, 2.45) is 16.5 Å². The quantitative estimate of drug-likeness (QED) is 0.0326. The van der Waals surface area contributed by atoms with Gasteiger partial charge in [0, 0.05) is 62.7 Å². The van der Waals surface area contributed by atoms with E-state index in [-0.39, 0.29) is 107 Å². The summed E-state index contributed by atoms with van der Waals surface area (Å²) in [5.74, 6) is 1.52. The zero-order valence-corrected chi connectivity index (χ0v) is 52.8. The largest absolute Gasteiger partial charge is 0.507 e. The first-order chi connectivity index (χ1) is 42.4. The number of phenols is 1. The van der Waals surface area contributed by atoms with Crippen molar-refractivity contribution in [2.45, 2.75) is 210 Å². The summed E-state index contributed by atoms with van der Waals surface area (Å²) in [4.78, 5) is 121. The van der Waals surface area contributed by atoms with Gasteiger partial charge in [0.2, 0.25) is 59.3 Å². The first-order valence-electron chi connectivity index (χ1n) is 31.6. The lowest BCUT2D eigenvalue weighted by molar-refractivity contribution is -0.786. The van der Waals surface area contributed by atoms with Gasteiger partial charge in [0.1, 0.15) is 65.4 Å². The summed E-state index contributed by atoms with van der Waals surface area (Å²) in [5, 5.41) is 35.1. The van der Waals surface area contributed by atoms with Crippen LogP contribution in [0.5, 0.6) is 11.5 Å². The summed E-state index contributed by atoms with van der Waals surface area (Å²) >= 11 is 4.69. The summed E-state index contributed by atoms with van der Waals surface area (Å²) in [6.07, 6.45) is 12.8. The molecule has 0 aliphatic carbocycles. The predicted octanol–water partition coefficient (Wildman–Crippen LogP) is 1.91. The van der Waals surface area contributed by atoms with Crippen LogP contribution in [0.4, 0.5) is 0 Å². The number of aliphatic imine (C=N–C) groups is 1. The number of benzene rings is 2. The molecular weight excluding hydrogens is 1160 g/mol. The molecule has 8 fully saturated rings. The molecule has 2 unspecified atom stereocenters. The van der Waals surface area contributed by atoms with Gasteiger partial charge in [0.25, 0.3) is 6.04 Å². The standard InChI is InChI=1S/C22H30N2O4.C18H19N3O4.C12H20N4O2.C11H18N4O2S/c1-11-12(2)19-17(13(3)18(11)25)14(22(4,5)28-19)8-9-15-21(27)24-10-6-7-16(24)20(26)23-15;22-16-12-5-2-1-4-11(12)10-21(25)14(16)8-7-13-18(24)20-9-3-6-15(20)17(23)19-13;1-8(13)14-6-2-4-9-12(18)16-7-3-5-10(16)11(17)15-9;12-11(18)13-5-1-3-7-10(17)15-6-2-4-8(15)9(16)14-7/h14-16,25H,6-10H2,1-5H3,(H,23,26);1-2,4-5,10,13-15H,3,6-9H2,(H-,19,22,23,25);9-10H,2-7H2,1H3,(H2,13,14)(H,15,17);7-8H,1-6H2,(H,14,16)(H3,12,13,18)/p+1/t14?,15-,16-;13-,14?,15-;9-,10-;7-,8-/m0000/s1. The van der Waals surface area contributed by atoms with E-state index in [4.69, 9.17) is 28.4 Å². The van der Waals surface area contributed by atoms with Crippen LogP contribution in [0.15, 0.2) is 29.3 Å². The number of ether oxygens (including phenoxy) is 1. The van der Waals surface area contributed by atoms with Gasteiger partial charge in [-0.05, 0) is 178 Å². The first-order valence-corrected chi connectivity index (χ1v) is 32.0. The van der Waals surface area contributed by atoms with Crippen molar-refractivity contribution < 1.29 is 62.9 Å². The molecule has 89 heavy (non-hydrogen) atoms. The summed E-state index contributed by atoms with van der Waals surface area (Å²) in [7, 11) is 0.